The smallest absolute Gasteiger partial charge is 0.258 e. The van der Waals surface area contributed by atoms with Gasteiger partial charge in [-0.05, 0) is 6.07 Å². The van der Waals surface area contributed by atoms with Crippen molar-refractivity contribution in [2.24, 2.45) is 0 Å². The number of nitrogens with zero attached hydrogens (tertiary/aromatic N) is 2. The van der Waals surface area contributed by atoms with Crippen molar-refractivity contribution in [3.63, 3.8) is 0 Å². The highest BCUT2D eigenvalue weighted by Crippen LogP contribution is 2.30. The number of hydrogen-bond acceptors (Lipinski definition) is 6. The molecule has 0 saturated heterocycles. The van der Waals surface area contributed by atoms with Gasteiger partial charge in [0, 0.05) is 16.7 Å². The lowest BCUT2D eigenvalue weighted by molar-refractivity contribution is -0.396. The van der Waals surface area contributed by atoms with E-state index in [9.17, 15) is 28.6 Å². The van der Waals surface area contributed by atoms with Gasteiger partial charge in [-0.3, -0.25) is 20.2 Å². The Labute approximate surface area is 121 Å². The van der Waals surface area contributed by atoms with E-state index in [4.69, 9.17) is 33.9 Å². The van der Waals surface area contributed by atoms with Crippen LogP contribution in [0.5, 0.6) is 0 Å². The van der Waals surface area contributed by atoms with Crippen molar-refractivity contribution in [3.05, 3.63) is 38.4 Å². The first-order valence-corrected chi connectivity index (χ1v) is 7.52. The topological polar surface area (TPSA) is 120 Å². The average molecular weight is 352 g/mol. The van der Waals surface area contributed by atoms with Gasteiger partial charge < -0.3 is 0 Å². The SMILES string of the molecule is ClCCl.O=[N+]([O-])c1ccc(S(=O)(=O)Cl)c([N+](=O)[O-])c1. The van der Waals surface area contributed by atoms with Gasteiger partial charge in [-0.1, -0.05) is 0 Å². The van der Waals surface area contributed by atoms with E-state index in [2.05, 4.69) is 0 Å². The second-order valence-electron chi connectivity index (χ2n) is 2.71. The number of alkyl halides is 2. The van der Waals surface area contributed by atoms with Crippen LogP contribution in [0, 0.1) is 20.2 Å². The highest BCUT2D eigenvalue weighted by Gasteiger charge is 2.26. The molecule has 0 saturated carbocycles. The predicted octanol–water partition coefficient (Wildman–Crippen LogP) is 2.85. The molecule has 0 fully saturated rings. The summed E-state index contributed by atoms with van der Waals surface area (Å²) in [4.78, 5) is 18.1. The van der Waals surface area contributed by atoms with Gasteiger partial charge in [0.05, 0.1) is 21.3 Å². The number of nitro groups is 2. The number of rotatable bonds is 3. The van der Waals surface area contributed by atoms with Crippen LogP contribution in [0.1, 0.15) is 0 Å². The molecule has 8 nitrogen and oxygen atoms in total. The first kappa shape index (κ1) is 17.8. The van der Waals surface area contributed by atoms with Gasteiger partial charge in [-0.15, -0.1) is 23.2 Å². The summed E-state index contributed by atoms with van der Waals surface area (Å²) in [6, 6.07) is 2.08. The minimum atomic E-state index is -4.31. The van der Waals surface area contributed by atoms with E-state index in [-0.39, 0.29) is 5.34 Å². The number of hydrogen-bond donors (Lipinski definition) is 0. The molecule has 0 bridgehead atoms. The van der Waals surface area contributed by atoms with Crippen LogP contribution >= 0.6 is 33.9 Å². The molecule has 0 aromatic heterocycles. The zero-order valence-electron chi connectivity index (χ0n) is 8.83. The molecule has 0 radical (unpaired) electrons. The predicted molar refractivity (Wildman–Crippen MR) is 69.4 cm³/mol. The summed E-state index contributed by atoms with van der Waals surface area (Å²) in [5.41, 5.74) is -1.51. The summed E-state index contributed by atoms with van der Waals surface area (Å²) in [5.74, 6) is 0. The third-order valence-corrected chi connectivity index (χ3v) is 2.98. The van der Waals surface area contributed by atoms with Crippen LogP contribution in [-0.4, -0.2) is 23.6 Å². The van der Waals surface area contributed by atoms with Crippen LogP contribution in [-0.2, 0) is 9.05 Å². The van der Waals surface area contributed by atoms with Crippen molar-refractivity contribution < 1.29 is 18.3 Å². The fourth-order valence-electron chi connectivity index (χ4n) is 0.968. The summed E-state index contributed by atoms with van der Waals surface area (Å²) in [6.45, 7) is 0. The molecule has 0 aliphatic heterocycles. The Hall–Kier alpha value is -1.16. The Morgan fingerprint density at radius 3 is 1.89 bits per heavy atom. The van der Waals surface area contributed by atoms with Gasteiger partial charge in [0.25, 0.3) is 20.4 Å². The van der Waals surface area contributed by atoms with Crippen LogP contribution < -0.4 is 0 Å². The molecule has 0 aliphatic rings. The van der Waals surface area contributed by atoms with Crippen molar-refractivity contribution in [2.75, 3.05) is 5.34 Å². The van der Waals surface area contributed by atoms with E-state index in [1.807, 2.05) is 0 Å². The zero-order chi connectivity index (χ0) is 15.2. The molecule has 0 aliphatic carbocycles. The Bertz CT molecular complexity index is 590. The van der Waals surface area contributed by atoms with E-state index in [1.54, 1.807) is 0 Å². The standard InChI is InChI=1S/C6H3ClN2O6S.CH2Cl2/c7-16(14,15)6-2-1-4(8(10)11)3-5(6)9(12)13;2-1-3/h1-3H;1H2. The second-order valence-corrected chi connectivity index (χ2v) is 6.05. The Balaban J connectivity index is 0.000000982. The van der Waals surface area contributed by atoms with Gasteiger partial charge in [0.2, 0.25) is 0 Å². The Morgan fingerprint density at radius 1 is 1.11 bits per heavy atom. The molecular weight excluding hydrogens is 347 g/mol. The summed E-state index contributed by atoms with van der Waals surface area (Å²) in [5, 5.41) is 21.0. The molecule has 106 valence electrons. The largest absolute Gasteiger partial charge is 0.296 e. The van der Waals surface area contributed by atoms with E-state index < -0.39 is 35.2 Å². The average Bonchev–Trinajstić information content (AvgIpc) is 2.27. The van der Waals surface area contributed by atoms with Crippen molar-refractivity contribution in [1.29, 1.82) is 0 Å². The lowest BCUT2D eigenvalue weighted by atomic mass is 10.3. The zero-order valence-corrected chi connectivity index (χ0v) is 11.9. The van der Waals surface area contributed by atoms with E-state index in [0.29, 0.717) is 6.07 Å². The second kappa shape index (κ2) is 7.43. The quantitative estimate of drug-likeness (QED) is 0.357. The summed E-state index contributed by atoms with van der Waals surface area (Å²) >= 11 is 9.53. The van der Waals surface area contributed by atoms with Crippen LogP contribution in [0.3, 0.4) is 0 Å². The van der Waals surface area contributed by atoms with Crippen molar-refractivity contribution >= 4 is 54.3 Å². The molecule has 0 unspecified atom stereocenters. The Kier molecular flexibility index (Phi) is 6.98. The van der Waals surface area contributed by atoms with Crippen molar-refractivity contribution in [3.8, 4) is 0 Å². The number of nitro benzene ring substituents is 2. The van der Waals surface area contributed by atoms with Crippen LogP contribution in [0.2, 0.25) is 0 Å². The summed E-state index contributed by atoms with van der Waals surface area (Å²) < 4.78 is 21.9. The maximum absolute atomic E-state index is 10.9. The maximum atomic E-state index is 10.9. The maximum Gasteiger partial charge on any atom is 0.296 e. The minimum absolute atomic E-state index is 0.194. The molecule has 0 N–H and O–H groups in total. The normalized spacial score (nSPS) is 10.3. The molecule has 19 heavy (non-hydrogen) atoms. The van der Waals surface area contributed by atoms with Crippen LogP contribution in [0.15, 0.2) is 23.1 Å². The molecule has 1 aromatic carbocycles. The van der Waals surface area contributed by atoms with Gasteiger partial charge in [-0.25, -0.2) is 8.42 Å². The van der Waals surface area contributed by atoms with Crippen molar-refractivity contribution in [2.45, 2.75) is 4.90 Å². The van der Waals surface area contributed by atoms with Gasteiger partial charge in [0.15, 0.2) is 4.90 Å². The number of halogens is 3. The van der Waals surface area contributed by atoms with Crippen LogP contribution in [0.25, 0.3) is 0 Å². The first-order valence-electron chi connectivity index (χ1n) is 4.14. The third-order valence-electron chi connectivity index (χ3n) is 1.61. The minimum Gasteiger partial charge on any atom is -0.258 e. The van der Waals surface area contributed by atoms with Crippen molar-refractivity contribution in [1.82, 2.24) is 0 Å². The summed E-state index contributed by atoms with van der Waals surface area (Å²) in [7, 11) is 0.625. The fraction of sp³-hybridized carbons (Fsp3) is 0.143. The molecular formula is C7H5Cl3N2O6S. The molecule has 12 heteroatoms. The molecule has 1 aromatic rings. The molecule has 0 amide bonds. The first-order chi connectivity index (χ1) is 8.65. The van der Waals surface area contributed by atoms with Gasteiger partial charge >= 0.3 is 0 Å². The lowest BCUT2D eigenvalue weighted by Crippen LogP contribution is -2.00. The molecule has 0 heterocycles. The van der Waals surface area contributed by atoms with Gasteiger partial charge in [0.1, 0.15) is 0 Å². The fourth-order valence-corrected chi connectivity index (χ4v) is 1.97. The number of benzene rings is 1. The highest BCUT2D eigenvalue weighted by molar-refractivity contribution is 8.13. The summed E-state index contributed by atoms with van der Waals surface area (Å²) in [6.07, 6.45) is 0. The Morgan fingerprint density at radius 2 is 1.58 bits per heavy atom. The number of non-ortho nitro benzene ring substituents is 1. The van der Waals surface area contributed by atoms with Gasteiger partial charge in [-0.2, -0.15) is 0 Å². The monoisotopic (exact) mass is 350 g/mol. The highest BCUT2D eigenvalue weighted by atomic mass is 35.7. The van der Waals surface area contributed by atoms with E-state index in [0.717, 1.165) is 12.1 Å². The molecule has 0 atom stereocenters. The van der Waals surface area contributed by atoms with E-state index in [1.165, 1.54) is 0 Å². The lowest BCUT2D eigenvalue weighted by Gasteiger charge is -1.98. The van der Waals surface area contributed by atoms with E-state index >= 15 is 0 Å². The molecule has 0 spiro atoms. The third kappa shape index (κ3) is 5.55. The van der Waals surface area contributed by atoms with Crippen LogP contribution in [0.4, 0.5) is 11.4 Å². The molecule has 1 rings (SSSR count).